The Balaban J connectivity index is 4.02. The average Bonchev–Trinajstić information content (AvgIpc) is 2.16. The highest BCUT2D eigenvalue weighted by molar-refractivity contribution is 7.48. The second-order valence-electron chi connectivity index (χ2n) is 4.34. The largest absolute Gasteiger partial charge is 0.475 e. The van der Waals surface area contributed by atoms with E-state index in [9.17, 15) is 4.57 Å². The molecule has 0 saturated heterocycles. The molecule has 1 unspecified atom stereocenters. The van der Waals surface area contributed by atoms with E-state index < -0.39 is 7.82 Å². The lowest BCUT2D eigenvalue weighted by Crippen LogP contribution is -2.37. The molecule has 0 amide bonds. The molecule has 0 spiro atoms. The summed E-state index contributed by atoms with van der Waals surface area (Å²) >= 11 is 0. The van der Waals surface area contributed by atoms with Crippen LogP contribution in [0.15, 0.2) is 12.2 Å². The first-order chi connectivity index (χ1) is 7.33. The van der Waals surface area contributed by atoms with E-state index in [1.54, 1.807) is 6.08 Å². The number of phosphoric ester groups is 1. The summed E-state index contributed by atoms with van der Waals surface area (Å²) < 4.78 is 27.6. The van der Waals surface area contributed by atoms with Gasteiger partial charge in [-0.2, -0.15) is 0 Å². The first-order valence-electron chi connectivity index (χ1n) is 5.19. The van der Waals surface area contributed by atoms with E-state index in [1.165, 1.54) is 7.11 Å². The van der Waals surface area contributed by atoms with Crippen molar-refractivity contribution in [2.45, 2.75) is 6.92 Å². The van der Waals surface area contributed by atoms with Crippen LogP contribution in [0.1, 0.15) is 6.92 Å². The summed E-state index contributed by atoms with van der Waals surface area (Å²) in [5, 5.41) is 0. The zero-order chi connectivity index (χ0) is 12.7. The molecule has 0 radical (unpaired) electrons. The van der Waals surface area contributed by atoms with Crippen LogP contribution in [-0.4, -0.2) is 52.5 Å². The molecule has 0 aliphatic carbocycles. The molecule has 0 saturated carbocycles. The number of nitrogens with zero attached hydrogens (tertiary/aromatic N) is 1. The summed E-state index contributed by atoms with van der Waals surface area (Å²) in [4.78, 5) is 0. The minimum Gasteiger partial charge on any atom is -0.329 e. The van der Waals surface area contributed by atoms with Crippen LogP contribution in [-0.2, 0) is 18.1 Å². The zero-order valence-corrected chi connectivity index (χ0v) is 11.7. The fourth-order valence-corrected chi connectivity index (χ4v) is 1.66. The van der Waals surface area contributed by atoms with E-state index in [-0.39, 0.29) is 6.61 Å². The predicted octanol–water partition coefficient (Wildman–Crippen LogP) is 2.06. The maximum absolute atomic E-state index is 11.8. The number of allylic oxidation sites excluding steroid dienone is 1. The molecule has 0 N–H and O–H groups in total. The van der Waals surface area contributed by atoms with Gasteiger partial charge in [-0.3, -0.25) is 13.6 Å². The Morgan fingerprint density at radius 1 is 1.25 bits per heavy atom. The fourth-order valence-electron chi connectivity index (χ4n) is 0.800. The summed E-state index contributed by atoms with van der Waals surface area (Å²) in [6.45, 7) is 3.16. The van der Waals surface area contributed by atoms with E-state index in [4.69, 9.17) is 13.6 Å². The maximum Gasteiger partial charge on any atom is 0.475 e. The monoisotopic (exact) mass is 252 g/mol. The first-order valence-corrected chi connectivity index (χ1v) is 6.65. The molecule has 0 fully saturated rings. The molecule has 0 rings (SSSR count). The topological polar surface area (TPSA) is 44.8 Å². The van der Waals surface area contributed by atoms with Crippen molar-refractivity contribution in [3.05, 3.63) is 12.2 Å². The Morgan fingerprint density at radius 2 is 1.88 bits per heavy atom. The number of phosphoric acid groups is 1. The summed E-state index contributed by atoms with van der Waals surface area (Å²) in [6, 6.07) is 0. The smallest absolute Gasteiger partial charge is 0.329 e. The minimum atomic E-state index is -3.38. The summed E-state index contributed by atoms with van der Waals surface area (Å²) in [5.74, 6) is 0. The van der Waals surface area contributed by atoms with Gasteiger partial charge in [-0.15, -0.1) is 0 Å². The van der Waals surface area contributed by atoms with Crippen molar-refractivity contribution in [1.29, 1.82) is 0 Å². The molecule has 0 bridgehead atoms. The summed E-state index contributed by atoms with van der Waals surface area (Å²) in [7, 11) is 4.03. The van der Waals surface area contributed by atoms with Gasteiger partial charge in [0.15, 0.2) is 0 Å². The van der Waals surface area contributed by atoms with Gasteiger partial charge in [0.25, 0.3) is 0 Å². The van der Waals surface area contributed by atoms with Crippen molar-refractivity contribution in [1.82, 2.24) is 0 Å². The van der Waals surface area contributed by atoms with Crippen molar-refractivity contribution >= 4 is 7.82 Å². The number of hydrogen-bond acceptors (Lipinski definition) is 4. The lowest BCUT2D eigenvalue weighted by molar-refractivity contribution is -0.870. The van der Waals surface area contributed by atoms with Crippen LogP contribution in [0.3, 0.4) is 0 Å². The number of hydrogen-bond donors (Lipinski definition) is 0. The fraction of sp³-hybridized carbons (Fsp3) is 0.800. The van der Waals surface area contributed by atoms with Crippen molar-refractivity contribution in [2.75, 3.05) is 48.0 Å². The first kappa shape index (κ1) is 15.8. The zero-order valence-electron chi connectivity index (χ0n) is 10.8. The third-order valence-corrected chi connectivity index (χ3v) is 3.21. The van der Waals surface area contributed by atoms with Crippen LogP contribution in [0.2, 0.25) is 0 Å². The molecule has 0 aliphatic heterocycles. The van der Waals surface area contributed by atoms with Crippen LogP contribution in [0, 0.1) is 0 Å². The van der Waals surface area contributed by atoms with Crippen LogP contribution in [0.5, 0.6) is 0 Å². The quantitative estimate of drug-likeness (QED) is 0.377. The van der Waals surface area contributed by atoms with Crippen LogP contribution < -0.4 is 0 Å². The van der Waals surface area contributed by atoms with Gasteiger partial charge >= 0.3 is 7.82 Å². The Labute approximate surface area is 98.2 Å². The summed E-state index contributed by atoms with van der Waals surface area (Å²) in [6.07, 6.45) is 3.56. The number of likely N-dealkylation sites (N-methyl/N-ethyl adjacent to an activating group) is 1. The van der Waals surface area contributed by atoms with Gasteiger partial charge in [0.1, 0.15) is 13.2 Å². The van der Waals surface area contributed by atoms with E-state index in [0.29, 0.717) is 6.61 Å². The Kier molecular flexibility index (Phi) is 7.11. The molecule has 0 aromatic rings. The highest BCUT2D eigenvalue weighted by Gasteiger charge is 2.25. The van der Waals surface area contributed by atoms with Gasteiger partial charge in [-0.05, 0) is 6.92 Å². The molecular weight excluding hydrogens is 229 g/mol. The van der Waals surface area contributed by atoms with Gasteiger partial charge in [0, 0.05) is 7.11 Å². The third-order valence-electron chi connectivity index (χ3n) is 1.80. The second kappa shape index (κ2) is 7.20. The van der Waals surface area contributed by atoms with Crippen LogP contribution in [0.4, 0.5) is 0 Å². The second-order valence-corrected chi connectivity index (χ2v) is 6.12. The lowest BCUT2D eigenvalue weighted by Gasteiger charge is -2.24. The van der Waals surface area contributed by atoms with Crippen molar-refractivity contribution in [2.24, 2.45) is 0 Å². The molecule has 0 aromatic carbocycles. The van der Waals surface area contributed by atoms with Crippen LogP contribution >= 0.6 is 7.82 Å². The average molecular weight is 252 g/mol. The van der Waals surface area contributed by atoms with E-state index in [1.807, 2.05) is 34.1 Å². The van der Waals surface area contributed by atoms with Gasteiger partial charge in [0.05, 0.1) is 27.7 Å². The van der Waals surface area contributed by atoms with Crippen molar-refractivity contribution < 1.29 is 22.6 Å². The number of quaternary nitrogens is 1. The Hall–Kier alpha value is -0.190. The summed E-state index contributed by atoms with van der Waals surface area (Å²) in [5.41, 5.74) is 0. The molecule has 0 aliphatic rings. The third kappa shape index (κ3) is 8.02. The Morgan fingerprint density at radius 3 is 2.31 bits per heavy atom. The molecule has 1 atom stereocenters. The minimum absolute atomic E-state index is 0.228. The molecule has 16 heavy (non-hydrogen) atoms. The van der Waals surface area contributed by atoms with Crippen molar-refractivity contribution in [3.63, 3.8) is 0 Å². The molecule has 96 valence electrons. The van der Waals surface area contributed by atoms with Gasteiger partial charge in [0.2, 0.25) is 0 Å². The highest BCUT2D eigenvalue weighted by Crippen LogP contribution is 2.48. The van der Waals surface area contributed by atoms with Gasteiger partial charge < -0.3 is 4.48 Å². The standard InChI is InChI=1S/C10H23NO4P/c1-6-7-9-14-16(12,13-5)15-10-8-11(2,3)4/h6-7H,8-10H2,1-5H3/q+1/b7-6-. The van der Waals surface area contributed by atoms with E-state index in [0.717, 1.165) is 11.0 Å². The maximum atomic E-state index is 11.8. The molecule has 0 aromatic heterocycles. The SMILES string of the molecule is C/C=C\COP(=O)(OC)OCC[N+](C)(C)C. The highest BCUT2D eigenvalue weighted by atomic mass is 31.2. The van der Waals surface area contributed by atoms with E-state index in [2.05, 4.69) is 0 Å². The predicted molar refractivity (Wildman–Crippen MR) is 64.2 cm³/mol. The normalized spacial score (nSPS) is 16.6. The Bertz CT molecular complexity index is 260. The van der Waals surface area contributed by atoms with Crippen molar-refractivity contribution in [3.8, 4) is 0 Å². The molecule has 0 heterocycles. The van der Waals surface area contributed by atoms with Gasteiger partial charge in [-0.1, -0.05) is 12.2 Å². The van der Waals surface area contributed by atoms with Gasteiger partial charge in [-0.25, -0.2) is 4.57 Å². The van der Waals surface area contributed by atoms with Crippen LogP contribution in [0.25, 0.3) is 0 Å². The molecule has 5 nitrogen and oxygen atoms in total. The number of rotatable bonds is 8. The van der Waals surface area contributed by atoms with E-state index >= 15 is 0 Å². The molecular formula is C10H23NO4P+. The molecule has 6 heteroatoms. The lowest BCUT2D eigenvalue weighted by atomic mass is 10.5.